The Labute approximate surface area is 85.6 Å². The van der Waals surface area contributed by atoms with Crippen LogP contribution in [0.4, 0.5) is 0 Å². The summed E-state index contributed by atoms with van der Waals surface area (Å²) in [5, 5.41) is 0. The molecule has 2 rings (SSSR count). The lowest BCUT2D eigenvalue weighted by Crippen LogP contribution is -2.52. The van der Waals surface area contributed by atoms with Crippen molar-refractivity contribution >= 4 is 0 Å². The van der Waals surface area contributed by atoms with Crippen LogP contribution >= 0.6 is 0 Å². The van der Waals surface area contributed by atoms with Gasteiger partial charge < -0.3 is 10.5 Å². The van der Waals surface area contributed by atoms with Gasteiger partial charge in [-0.3, -0.25) is 4.90 Å². The molecule has 3 heteroatoms. The highest BCUT2D eigenvalue weighted by molar-refractivity contribution is 4.95. The van der Waals surface area contributed by atoms with Crippen LogP contribution in [0.3, 0.4) is 0 Å². The van der Waals surface area contributed by atoms with E-state index in [1.165, 1.54) is 19.4 Å². The minimum atomic E-state index is 0.00144. The molecule has 0 amide bonds. The Morgan fingerprint density at radius 1 is 1.64 bits per heavy atom. The first-order valence-electron chi connectivity index (χ1n) is 5.36. The van der Waals surface area contributed by atoms with Crippen molar-refractivity contribution in [2.24, 2.45) is 5.73 Å². The molecule has 0 aromatic rings. The summed E-state index contributed by atoms with van der Waals surface area (Å²) in [7, 11) is 0. The molecule has 3 nitrogen and oxygen atoms in total. The Morgan fingerprint density at radius 2 is 2.50 bits per heavy atom. The van der Waals surface area contributed by atoms with Crippen LogP contribution in [0.2, 0.25) is 0 Å². The molecule has 2 aliphatic rings. The minimum Gasteiger partial charge on any atom is -0.374 e. The Kier molecular flexibility index (Phi) is 3.07. The van der Waals surface area contributed by atoms with Gasteiger partial charge in [0.15, 0.2) is 0 Å². The minimum absolute atomic E-state index is 0.00144. The second kappa shape index (κ2) is 4.31. The highest BCUT2D eigenvalue weighted by Gasteiger charge is 2.34. The van der Waals surface area contributed by atoms with Crippen LogP contribution in [0.1, 0.15) is 19.3 Å². The lowest BCUT2D eigenvalue weighted by atomic mass is 10.1. The highest BCUT2D eigenvalue weighted by Crippen LogP contribution is 2.23. The molecule has 3 unspecified atom stereocenters. The topological polar surface area (TPSA) is 38.5 Å². The van der Waals surface area contributed by atoms with Crippen LogP contribution in [-0.4, -0.2) is 42.8 Å². The average molecular weight is 194 g/mol. The summed E-state index contributed by atoms with van der Waals surface area (Å²) in [4.78, 5) is 2.49. The van der Waals surface area contributed by atoms with Gasteiger partial charge in [-0.25, -0.2) is 0 Å². The zero-order valence-electron chi connectivity index (χ0n) is 8.48. The zero-order valence-corrected chi connectivity index (χ0v) is 8.48. The number of hydrogen-bond donors (Lipinski definition) is 1. The normalized spacial score (nSPS) is 34.9. The smallest absolute Gasteiger partial charge is 0.0862 e. The summed E-state index contributed by atoms with van der Waals surface area (Å²) in [5.41, 5.74) is 5.95. The Balaban J connectivity index is 1.88. The Bertz CT molecular complexity index is 236. The fourth-order valence-corrected chi connectivity index (χ4v) is 2.37. The largest absolute Gasteiger partial charge is 0.374 e. The summed E-state index contributed by atoms with van der Waals surface area (Å²) >= 11 is 0. The van der Waals surface area contributed by atoms with Crippen LogP contribution in [0.15, 0.2) is 0 Å². The predicted octanol–water partition coefficient (Wildman–Crippen LogP) is 0.200. The molecular weight excluding hydrogens is 176 g/mol. The van der Waals surface area contributed by atoms with E-state index in [-0.39, 0.29) is 12.1 Å². The van der Waals surface area contributed by atoms with E-state index in [1.807, 2.05) is 0 Å². The lowest BCUT2D eigenvalue weighted by Gasteiger charge is -2.37. The number of fused-ring (bicyclic) bond motifs is 1. The van der Waals surface area contributed by atoms with Crippen molar-refractivity contribution in [1.29, 1.82) is 0 Å². The zero-order chi connectivity index (χ0) is 9.97. The second-order valence-corrected chi connectivity index (χ2v) is 4.23. The van der Waals surface area contributed by atoms with E-state index >= 15 is 0 Å². The van der Waals surface area contributed by atoms with Crippen LogP contribution in [0, 0.1) is 12.3 Å². The maximum absolute atomic E-state index is 5.95. The van der Waals surface area contributed by atoms with Gasteiger partial charge in [-0.05, 0) is 19.4 Å². The van der Waals surface area contributed by atoms with Crippen LogP contribution in [0.25, 0.3) is 0 Å². The molecule has 2 N–H and O–H groups in total. The molecule has 0 spiro atoms. The third-order valence-electron chi connectivity index (χ3n) is 3.25. The van der Waals surface area contributed by atoms with Crippen molar-refractivity contribution in [2.45, 2.75) is 37.5 Å². The molecule has 2 heterocycles. The lowest BCUT2D eigenvalue weighted by molar-refractivity contribution is -0.0583. The van der Waals surface area contributed by atoms with Gasteiger partial charge in [-0.15, -0.1) is 12.3 Å². The number of rotatable bonds is 2. The quantitative estimate of drug-likeness (QED) is 0.638. The van der Waals surface area contributed by atoms with Crippen molar-refractivity contribution in [3.05, 3.63) is 0 Å². The molecule has 78 valence electrons. The predicted molar refractivity (Wildman–Crippen MR) is 55.8 cm³/mol. The first kappa shape index (κ1) is 9.97. The number of morpholine rings is 1. The highest BCUT2D eigenvalue weighted by atomic mass is 16.5. The molecular formula is C11H18N2O. The van der Waals surface area contributed by atoms with Crippen LogP contribution < -0.4 is 5.73 Å². The molecule has 0 aromatic heterocycles. The maximum Gasteiger partial charge on any atom is 0.0862 e. The molecule has 3 atom stereocenters. The standard InChI is InChI=1S/C11H18N2O/c1-2-4-10(12)11-7-13-6-3-5-9(13)8-14-11/h1,9-11H,3-8,12H2. The number of nitrogens with two attached hydrogens (primary N) is 1. The third-order valence-corrected chi connectivity index (χ3v) is 3.25. The summed E-state index contributed by atoms with van der Waals surface area (Å²) in [6.07, 6.45) is 8.57. The summed E-state index contributed by atoms with van der Waals surface area (Å²) in [5.74, 6) is 2.60. The fourth-order valence-electron chi connectivity index (χ4n) is 2.37. The maximum atomic E-state index is 5.95. The van der Waals surface area contributed by atoms with E-state index in [4.69, 9.17) is 16.9 Å². The van der Waals surface area contributed by atoms with Gasteiger partial charge in [0.25, 0.3) is 0 Å². The van der Waals surface area contributed by atoms with Gasteiger partial charge in [-0.2, -0.15) is 0 Å². The molecule has 2 aliphatic heterocycles. The van der Waals surface area contributed by atoms with Gasteiger partial charge in [0, 0.05) is 25.0 Å². The fraction of sp³-hybridized carbons (Fsp3) is 0.818. The van der Waals surface area contributed by atoms with Crippen LogP contribution in [0.5, 0.6) is 0 Å². The van der Waals surface area contributed by atoms with Crippen molar-refractivity contribution in [1.82, 2.24) is 4.90 Å². The molecule has 2 fully saturated rings. The van der Waals surface area contributed by atoms with Crippen molar-refractivity contribution in [3.8, 4) is 12.3 Å². The Hall–Kier alpha value is -0.560. The molecule has 0 radical (unpaired) electrons. The molecule has 14 heavy (non-hydrogen) atoms. The van der Waals surface area contributed by atoms with Gasteiger partial charge >= 0.3 is 0 Å². The van der Waals surface area contributed by atoms with E-state index in [0.29, 0.717) is 12.5 Å². The summed E-state index contributed by atoms with van der Waals surface area (Å²) in [6, 6.07) is 0.644. The first-order chi connectivity index (χ1) is 6.81. The van der Waals surface area contributed by atoms with E-state index in [0.717, 1.165) is 13.2 Å². The monoisotopic (exact) mass is 194 g/mol. The van der Waals surface area contributed by atoms with Crippen molar-refractivity contribution < 1.29 is 4.74 Å². The molecule has 0 aliphatic carbocycles. The van der Waals surface area contributed by atoms with Crippen molar-refractivity contribution in [2.75, 3.05) is 19.7 Å². The summed E-state index contributed by atoms with van der Waals surface area (Å²) < 4.78 is 5.74. The van der Waals surface area contributed by atoms with E-state index in [2.05, 4.69) is 10.8 Å². The van der Waals surface area contributed by atoms with E-state index in [9.17, 15) is 0 Å². The molecule has 0 bridgehead atoms. The number of ether oxygens (including phenoxy) is 1. The van der Waals surface area contributed by atoms with E-state index < -0.39 is 0 Å². The van der Waals surface area contributed by atoms with Gasteiger partial charge in [0.1, 0.15) is 0 Å². The van der Waals surface area contributed by atoms with Crippen molar-refractivity contribution in [3.63, 3.8) is 0 Å². The number of hydrogen-bond acceptors (Lipinski definition) is 3. The van der Waals surface area contributed by atoms with Gasteiger partial charge in [0.2, 0.25) is 0 Å². The Morgan fingerprint density at radius 3 is 3.29 bits per heavy atom. The van der Waals surface area contributed by atoms with E-state index in [1.54, 1.807) is 0 Å². The van der Waals surface area contributed by atoms with Gasteiger partial charge in [-0.1, -0.05) is 0 Å². The average Bonchev–Trinajstić information content (AvgIpc) is 2.64. The molecule has 0 saturated carbocycles. The number of nitrogens with zero attached hydrogens (tertiary/aromatic N) is 1. The van der Waals surface area contributed by atoms with Gasteiger partial charge in [0.05, 0.1) is 12.7 Å². The summed E-state index contributed by atoms with van der Waals surface area (Å²) in [6.45, 7) is 3.00. The van der Waals surface area contributed by atoms with Crippen LogP contribution in [-0.2, 0) is 4.74 Å². The number of terminal acetylenes is 1. The molecule has 2 saturated heterocycles. The second-order valence-electron chi connectivity index (χ2n) is 4.23. The third kappa shape index (κ3) is 1.93. The first-order valence-corrected chi connectivity index (χ1v) is 5.36. The molecule has 0 aromatic carbocycles. The SMILES string of the molecule is C#CCC(N)C1CN2CCCC2CO1.